The molecule has 2 aromatic rings. The second-order valence-electron chi connectivity index (χ2n) is 7.39. The Balaban J connectivity index is 2.46. The molecule has 10 heteroatoms. The van der Waals surface area contributed by atoms with Crippen LogP contribution >= 0.6 is 11.6 Å². The van der Waals surface area contributed by atoms with Gasteiger partial charge in [-0.3, -0.25) is 13.9 Å². The number of carbonyl (C=O) groups excluding carboxylic acids is 2. The predicted octanol–water partition coefficient (Wildman–Crippen LogP) is 3.11. The van der Waals surface area contributed by atoms with E-state index in [-0.39, 0.29) is 18.1 Å². The highest BCUT2D eigenvalue weighted by molar-refractivity contribution is 7.92. The Bertz CT molecular complexity index is 1080. The van der Waals surface area contributed by atoms with Crippen LogP contribution in [-0.4, -0.2) is 51.0 Å². The van der Waals surface area contributed by atoms with Crippen molar-refractivity contribution in [2.75, 3.05) is 24.2 Å². The summed E-state index contributed by atoms with van der Waals surface area (Å²) in [4.78, 5) is 27.2. The van der Waals surface area contributed by atoms with Crippen LogP contribution in [0.2, 0.25) is 5.02 Å². The summed E-state index contributed by atoms with van der Waals surface area (Å²) in [5.41, 5.74) is 1.51. The smallest absolute Gasteiger partial charge is 0.244 e. The van der Waals surface area contributed by atoms with Gasteiger partial charge in [0.05, 0.1) is 11.9 Å². The number of sulfonamides is 1. The maximum Gasteiger partial charge on any atom is 0.244 e. The Morgan fingerprint density at radius 1 is 1.16 bits per heavy atom. The van der Waals surface area contributed by atoms with E-state index in [1.54, 1.807) is 26.0 Å². The fraction of sp³-hybridized carbons (Fsp3) is 0.364. The number of aryl methyl sites for hydroxylation is 1. The van der Waals surface area contributed by atoms with Crippen molar-refractivity contribution in [2.45, 2.75) is 32.9 Å². The lowest BCUT2D eigenvalue weighted by molar-refractivity contribution is -0.140. The summed E-state index contributed by atoms with van der Waals surface area (Å²) < 4.78 is 39.4. The van der Waals surface area contributed by atoms with Crippen LogP contribution in [-0.2, 0) is 26.2 Å². The third kappa shape index (κ3) is 6.43. The summed E-state index contributed by atoms with van der Waals surface area (Å²) in [6, 6.07) is 9.49. The minimum Gasteiger partial charge on any atom is -0.357 e. The Morgan fingerprint density at radius 2 is 1.78 bits per heavy atom. The van der Waals surface area contributed by atoms with Gasteiger partial charge in [0.2, 0.25) is 21.8 Å². The Hall–Kier alpha value is -2.65. The number of halogens is 2. The molecule has 32 heavy (non-hydrogen) atoms. The number of nitrogens with one attached hydrogen (secondary N) is 1. The van der Waals surface area contributed by atoms with Crippen LogP contribution < -0.4 is 9.62 Å². The molecule has 0 spiro atoms. The van der Waals surface area contributed by atoms with E-state index in [1.807, 2.05) is 0 Å². The van der Waals surface area contributed by atoms with Crippen LogP contribution in [0.15, 0.2) is 42.5 Å². The first-order valence-corrected chi connectivity index (χ1v) is 12.2. The molecule has 0 saturated carbocycles. The first kappa shape index (κ1) is 25.6. The van der Waals surface area contributed by atoms with E-state index in [4.69, 9.17) is 11.6 Å². The standard InChI is InChI=1S/C22H27ClFN3O4S/c1-5-19(22(29)25-3)26(13-16-7-10-18(24)11-8-16)21(28)14-27(32(4,30)31)20-12-17(23)9-6-15(20)2/h6-12,19H,5,13-14H2,1-4H3,(H,25,29)/t19-/m1/s1. The molecule has 1 N–H and O–H groups in total. The van der Waals surface area contributed by atoms with Crippen molar-refractivity contribution in [3.05, 3.63) is 64.4 Å². The summed E-state index contributed by atoms with van der Waals surface area (Å²) in [6.07, 6.45) is 1.31. The van der Waals surface area contributed by atoms with Crippen molar-refractivity contribution < 1.29 is 22.4 Å². The van der Waals surface area contributed by atoms with Gasteiger partial charge in [-0.2, -0.15) is 0 Å². The zero-order valence-electron chi connectivity index (χ0n) is 18.4. The SMILES string of the molecule is CC[C@H](C(=O)NC)N(Cc1ccc(F)cc1)C(=O)CN(c1cc(Cl)ccc1C)S(C)(=O)=O. The molecule has 7 nitrogen and oxygen atoms in total. The molecule has 2 rings (SSSR count). The van der Waals surface area contributed by atoms with Gasteiger partial charge in [0.1, 0.15) is 18.4 Å². The molecule has 0 heterocycles. The second-order valence-corrected chi connectivity index (χ2v) is 9.73. The number of nitrogens with zero attached hydrogens (tertiary/aromatic N) is 2. The lowest BCUT2D eigenvalue weighted by Crippen LogP contribution is -2.51. The normalized spacial score (nSPS) is 12.2. The summed E-state index contributed by atoms with van der Waals surface area (Å²) >= 11 is 6.06. The maximum absolute atomic E-state index is 13.4. The van der Waals surface area contributed by atoms with Gasteiger partial charge >= 0.3 is 0 Å². The second kappa shape index (κ2) is 10.8. The molecule has 0 unspecified atom stereocenters. The van der Waals surface area contributed by atoms with E-state index in [2.05, 4.69) is 5.32 Å². The molecule has 0 aromatic heterocycles. The molecule has 2 amide bonds. The number of hydrogen-bond acceptors (Lipinski definition) is 4. The maximum atomic E-state index is 13.4. The van der Waals surface area contributed by atoms with Crippen molar-refractivity contribution in [1.29, 1.82) is 0 Å². The molecule has 0 aliphatic heterocycles. The molecule has 2 aromatic carbocycles. The molecular weight excluding hydrogens is 457 g/mol. The third-order valence-corrected chi connectivity index (χ3v) is 6.38. The number of likely N-dealkylation sites (N-methyl/N-ethyl adjacent to an activating group) is 1. The van der Waals surface area contributed by atoms with E-state index in [1.165, 1.54) is 42.3 Å². The van der Waals surface area contributed by atoms with Crippen LogP contribution in [0.5, 0.6) is 0 Å². The fourth-order valence-electron chi connectivity index (χ4n) is 3.32. The van der Waals surface area contributed by atoms with Gasteiger partial charge in [-0.05, 0) is 48.7 Å². The lowest BCUT2D eigenvalue weighted by atomic mass is 10.1. The van der Waals surface area contributed by atoms with Crippen LogP contribution in [0.4, 0.5) is 10.1 Å². The van der Waals surface area contributed by atoms with Crippen molar-refractivity contribution in [3.63, 3.8) is 0 Å². The van der Waals surface area contributed by atoms with Crippen LogP contribution in [0.1, 0.15) is 24.5 Å². The minimum absolute atomic E-state index is 0.0111. The monoisotopic (exact) mass is 483 g/mol. The Labute approximate surface area is 193 Å². The van der Waals surface area contributed by atoms with Gasteiger partial charge in [0, 0.05) is 18.6 Å². The van der Waals surface area contributed by atoms with Gasteiger partial charge in [-0.25, -0.2) is 12.8 Å². The van der Waals surface area contributed by atoms with E-state index >= 15 is 0 Å². The molecule has 0 fully saturated rings. The fourth-order valence-corrected chi connectivity index (χ4v) is 4.38. The van der Waals surface area contributed by atoms with Crippen molar-refractivity contribution in [2.24, 2.45) is 0 Å². The molecule has 0 saturated heterocycles. The first-order chi connectivity index (χ1) is 15.0. The third-order valence-electron chi connectivity index (χ3n) is 5.02. The number of amides is 2. The van der Waals surface area contributed by atoms with E-state index in [9.17, 15) is 22.4 Å². The summed E-state index contributed by atoms with van der Waals surface area (Å²) in [5.74, 6) is -1.38. The highest BCUT2D eigenvalue weighted by Crippen LogP contribution is 2.27. The molecule has 0 aliphatic rings. The molecule has 1 atom stereocenters. The van der Waals surface area contributed by atoms with E-state index < -0.39 is 34.3 Å². The average Bonchev–Trinajstić information content (AvgIpc) is 2.73. The highest BCUT2D eigenvalue weighted by Gasteiger charge is 2.31. The predicted molar refractivity (Wildman–Crippen MR) is 123 cm³/mol. The number of hydrogen-bond donors (Lipinski definition) is 1. The number of rotatable bonds is 9. The number of benzene rings is 2. The molecule has 0 radical (unpaired) electrons. The summed E-state index contributed by atoms with van der Waals surface area (Å²) in [6.45, 7) is 2.95. The number of anilines is 1. The van der Waals surface area contributed by atoms with E-state index in [0.29, 0.717) is 22.6 Å². The van der Waals surface area contributed by atoms with Crippen molar-refractivity contribution in [3.8, 4) is 0 Å². The molecular formula is C22H27ClFN3O4S. The molecule has 0 aliphatic carbocycles. The Morgan fingerprint density at radius 3 is 2.31 bits per heavy atom. The highest BCUT2D eigenvalue weighted by atomic mass is 35.5. The topological polar surface area (TPSA) is 86.8 Å². The van der Waals surface area contributed by atoms with Gasteiger partial charge in [0.25, 0.3) is 0 Å². The van der Waals surface area contributed by atoms with Crippen molar-refractivity contribution in [1.82, 2.24) is 10.2 Å². The van der Waals surface area contributed by atoms with Gasteiger partial charge < -0.3 is 10.2 Å². The lowest BCUT2D eigenvalue weighted by Gasteiger charge is -2.33. The number of carbonyl (C=O) groups is 2. The summed E-state index contributed by atoms with van der Waals surface area (Å²) in [7, 11) is -2.38. The van der Waals surface area contributed by atoms with Gasteiger partial charge in [-0.1, -0.05) is 36.7 Å². The van der Waals surface area contributed by atoms with E-state index in [0.717, 1.165) is 10.6 Å². The van der Waals surface area contributed by atoms with Gasteiger partial charge in [-0.15, -0.1) is 0 Å². The van der Waals surface area contributed by atoms with Gasteiger partial charge in [0.15, 0.2) is 0 Å². The Kier molecular flexibility index (Phi) is 8.63. The first-order valence-electron chi connectivity index (χ1n) is 9.97. The average molecular weight is 484 g/mol. The molecule has 0 bridgehead atoms. The van der Waals surface area contributed by atoms with Crippen molar-refractivity contribution >= 4 is 39.1 Å². The van der Waals surface area contributed by atoms with Crippen LogP contribution in [0.25, 0.3) is 0 Å². The van der Waals surface area contributed by atoms with Crippen LogP contribution in [0.3, 0.4) is 0 Å². The molecule has 174 valence electrons. The van der Waals surface area contributed by atoms with Crippen LogP contribution in [0, 0.1) is 12.7 Å². The quantitative estimate of drug-likeness (QED) is 0.593. The largest absolute Gasteiger partial charge is 0.357 e. The zero-order chi connectivity index (χ0) is 24.1. The minimum atomic E-state index is -3.85. The summed E-state index contributed by atoms with van der Waals surface area (Å²) in [5, 5.41) is 2.86. The zero-order valence-corrected chi connectivity index (χ0v) is 20.0.